The number of aromatic nitrogens is 1. The molecule has 0 aliphatic rings. The van der Waals surface area contributed by atoms with E-state index in [-0.39, 0.29) is 24.2 Å². The van der Waals surface area contributed by atoms with Crippen LogP contribution in [-0.4, -0.2) is 40.1 Å². The van der Waals surface area contributed by atoms with Crippen molar-refractivity contribution in [3.63, 3.8) is 0 Å². The first-order valence-corrected chi connectivity index (χ1v) is 5.59. The monoisotopic (exact) mass is 240 g/mol. The minimum absolute atomic E-state index is 0.0147. The number of halogens is 1. The van der Waals surface area contributed by atoms with Gasteiger partial charge in [0.15, 0.2) is 0 Å². The second kappa shape index (κ2) is 6.30. The number of hydrogen-bond donors (Lipinski definition) is 1. The Hall–Kier alpha value is -1.49. The lowest BCUT2D eigenvalue weighted by Crippen LogP contribution is -2.38. The van der Waals surface area contributed by atoms with Crippen LogP contribution in [0.2, 0.25) is 0 Å². The van der Waals surface area contributed by atoms with E-state index >= 15 is 0 Å². The Labute approximate surface area is 100 Å². The fourth-order valence-corrected chi connectivity index (χ4v) is 1.48. The van der Waals surface area contributed by atoms with Gasteiger partial charge in [-0.2, -0.15) is 0 Å². The summed E-state index contributed by atoms with van der Waals surface area (Å²) in [6, 6.07) is 2.59. The van der Waals surface area contributed by atoms with E-state index in [1.807, 2.05) is 13.8 Å². The molecule has 1 aromatic rings. The van der Waals surface area contributed by atoms with Gasteiger partial charge < -0.3 is 10.0 Å². The highest BCUT2D eigenvalue weighted by Crippen LogP contribution is 2.07. The smallest absolute Gasteiger partial charge is 0.272 e. The van der Waals surface area contributed by atoms with Gasteiger partial charge >= 0.3 is 0 Å². The molecule has 0 aromatic carbocycles. The van der Waals surface area contributed by atoms with Crippen molar-refractivity contribution in [2.75, 3.05) is 13.2 Å². The summed E-state index contributed by atoms with van der Waals surface area (Å²) in [5, 5.41) is 8.78. The number of aliphatic hydroxyl groups is 1. The molecule has 5 heteroatoms. The Morgan fingerprint density at radius 2 is 2.24 bits per heavy atom. The first-order chi connectivity index (χ1) is 8.06. The van der Waals surface area contributed by atoms with Crippen LogP contribution in [0.15, 0.2) is 18.3 Å². The predicted molar refractivity (Wildman–Crippen MR) is 62.1 cm³/mol. The Bertz CT molecular complexity index is 365. The molecule has 94 valence electrons. The summed E-state index contributed by atoms with van der Waals surface area (Å²) in [5.41, 5.74) is 0.220. The van der Waals surface area contributed by atoms with Crippen molar-refractivity contribution in [3.05, 3.63) is 29.8 Å². The largest absolute Gasteiger partial charge is 0.396 e. The average molecular weight is 240 g/mol. The van der Waals surface area contributed by atoms with E-state index in [0.29, 0.717) is 13.0 Å². The minimum atomic E-state index is -0.465. The van der Waals surface area contributed by atoms with E-state index in [1.54, 1.807) is 4.90 Å². The van der Waals surface area contributed by atoms with E-state index in [1.165, 1.54) is 12.1 Å². The summed E-state index contributed by atoms with van der Waals surface area (Å²) in [7, 11) is 0. The van der Waals surface area contributed by atoms with Crippen LogP contribution in [-0.2, 0) is 0 Å². The molecule has 1 amide bonds. The maximum Gasteiger partial charge on any atom is 0.272 e. The van der Waals surface area contributed by atoms with Crippen LogP contribution in [0.1, 0.15) is 30.8 Å². The van der Waals surface area contributed by atoms with Gasteiger partial charge in [0.25, 0.3) is 5.91 Å². The normalized spacial score (nSPS) is 10.6. The number of amides is 1. The van der Waals surface area contributed by atoms with Crippen LogP contribution >= 0.6 is 0 Å². The van der Waals surface area contributed by atoms with Gasteiger partial charge in [-0.25, -0.2) is 9.37 Å². The second-order valence-corrected chi connectivity index (χ2v) is 4.03. The molecule has 4 nitrogen and oxygen atoms in total. The third-order valence-electron chi connectivity index (χ3n) is 2.39. The van der Waals surface area contributed by atoms with Crippen molar-refractivity contribution in [1.82, 2.24) is 9.88 Å². The maximum atomic E-state index is 12.7. The molecule has 0 unspecified atom stereocenters. The van der Waals surface area contributed by atoms with Crippen LogP contribution in [0.4, 0.5) is 4.39 Å². The Morgan fingerprint density at radius 3 is 2.71 bits per heavy atom. The van der Waals surface area contributed by atoms with Crippen LogP contribution < -0.4 is 0 Å². The molecular weight excluding hydrogens is 223 g/mol. The second-order valence-electron chi connectivity index (χ2n) is 4.03. The Morgan fingerprint density at radius 1 is 1.53 bits per heavy atom. The van der Waals surface area contributed by atoms with Gasteiger partial charge in [0.2, 0.25) is 0 Å². The molecule has 1 N–H and O–H groups in total. The van der Waals surface area contributed by atoms with Crippen molar-refractivity contribution < 1.29 is 14.3 Å². The first kappa shape index (κ1) is 13.6. The summed E-state index contributed by atoms with van der Waals surface area (Å²) in [6.07, 6.45) is 1.54. The average Bonchev–Trinajstić information content (AvgIpc) is 2.29. The number of rotatable bonds is 5. The molecule has 0 saturated carbocycles. The fraction of sp³-hybridized carbons (Fsp3) is 0.500. The Kier molecular flexibility index (Phi) is 5.03. The van der Waals surface area contributed by atoms with Crippen molar-refractivity contribution in [3.8, 4) is 0 Å². The summed E-state index contributed by atoms with van der Waals surface area (Å²) in [5.74, 6) is -0.707. The molecule has 0 radical (unpaired) electrons. The standard InChI is InChI=1S/C12H17FN2O2/c1-9(2)15(6-3-7-16)12(17)11-5-4-10(13)8-14-11/h4-5,8-9,16H,3,6-7H2,1-2H3. The summed E-state index contributed by atoms with van der Waals surface area (Å²) in [4.78, 5) is 17.4. The molecule has 0 fully saturated rings. The molecule has 0 spiro atoms. The summed E-state index contributed by atoms with van der Waals surface area (Å²) < 4.78 is 12.7. The molecule has 17 heavy (non-hydrogen) atoms. The van der Waals surface area contributed by atoms with E-state index in [4.69, 9.17) is 5.11 Å². The quantitative estimate of drug-likeness (QED) is 0.847. The zero-order valence-corrected chi connectivity index (χ0v) is 10.1. The van der Waals surface area contributed by atoms with Gasteiger partial charge in [0.05, 0.1) is 6.20 Å². The van der Waals surface area contributed by atoms with E-state index < -0.39 is 5.82 Å². The van der Waals surface area contributed by atoms with Crippen molar-refractivity contribution in [2.24, 2.45) is 0 Å². The van der Waals surface area contributed by atoms with Gasteiger partial charge in [-0.3, -0.25) is 4.79 Å². The van der Waals surface area contributed by atoms with E-state index in [2.05, 4.69) is 4.98 Å². The zero-order chi connectivity index (χ0) is 12.8. The molecule has 0 saturated heterocycles. The lowest BCUT2D eigenvalue weighted by atomic mass is 10.2. The van der Waals surface area contributed by atoms with Gasteiger partial charge in [-0.1, -0.05) is 0 Å². The number of aliphatic hydroxyl groups excluding tert-OH is 1. The SMILES string of the molecule is CC(C)N(CCCO)C(=O)c1ccc(F)cn1. The third kappa shape index (κ3) is 3.78. The van der Waals surface area contributed by atoms with Gasteiger partial charge in [-0.15, -0.1) is 0 Å². The van der Waals surface area contributed by atoms with Crippen LogP contribution in [0.25, 0.3) is 0 Å². The zero-order valence-electron chi connectivity index (χ0n) is 10.1. The van der Waals surface area contributed by atoms with Crippen molar-refractivity contribution in [2.45, 2.75) is 26.3 Å². The lowest BCUT2D eigenvalue weighted by Gasteiger charge is -2.26. The molecular formula is C12H17FN2O2. The van der Waals surface area contributed by atoms with Gasteiger partial charge in [0, 0.05) is 19.2 Å². The lowest BCUT2D eigenvalue weighted by molar-refractivity contribution is 0.0687. The highest BCUT2D eigenvalue weighted by atomic mass is 19.1. The van der Waals surface area contributed by atoms with Crippen molar-refractivity contribution >= 4 is 5.91 Å². The number of nitrogens with zero attached hydrogens (tertiary/aromatic N) is 2. The predicted octanol–water partition coefficient (Wildman–Crippen LogP) is 1.45. The number of hydrogen-bond acceptors (Lipinski definition) is 3. The molecule has 0 bridgehead atoms. The minimum Gasteiger partial charge on any atom is -0.396 e. The number of carbonyl (C=O) groups excluding carboxylic acids is 1. The molecule has 0 atom stereocenters. The maximum absolute atomic E-state index is 12.7. The van der Waals surface area contributed by atoms with Gasteiger partial charge in [0.1, 0.15) is 11.5 Å². The molecule has 0 aliphatic carbocycles. The molecule has 1 rings (SSSR count). The summed E-state index contributed by atoms with van der Waals surface area (Å²) >= 11 is 0. The molecule has 0 aliphatic heterocycles. The number of pyridine rings is 1. The third-order valence-corrected chi connectivity index (χ3v) is 2.39. The van der Waals surface area contributed by atoms with Crippen LogP contribution in [0, 0.1) is 5.82 Å². The van der Waals surface area contributed by atoms with Crippen molar-refractivity contribution in [1.29, 1.82) is 0 Å². The molecule has 1 aromatic heterocycles. The highest BCUT2D eigenvalue weighted by molar-refractivity contribution is 5.92. The van der Waals surface area contributed by atoms with Crippen LogP contribution in [0.3, 0.4) is 0 Å². The van der Waals surface area contributed by atoms with E-state index in [9.17, 15) is 9.18 Å². The van der Waals surface area contributed by atoms with Crippen LogP contribution in [0.5, 0.6) is 0 Å². The molecule has 1 heterocycles. The first-order valence-electron chi connectivity index (χ1n) is 5.59. The highest BCUT2D eigenvalue weighted by Gasteiger charge is 2.19. The van der Waals surface area contributed by atoms with Gasteiger partial charge in [-0.05, 0) is 32.4 Å². The van der Waals surface area contributed by atoms with E-state index in [0.717, 1.165) is 6.20 Å². The number of carbonyl (C=O) groups is 1. The summed E-state index contributed by atoms with van der Waals surface area (Å²) in [6.45, 7) is 4.27. The Balaban J connectivity index is 2.80. The fourth-order valence-electron chi connectivity index (χ4n) is 1.48. The topological polar surface area (TPSA) is 53.4 Å².